The molecule has 0 heterocycles. The molecule has 2 nitrogen and oxygen atoms in total. The summed E-state index contributed by atoms with van der Waals surface area (Å²) in [6.45, 7) is 1.57. The minimum atomic E-state index is -1.09. The summed E-state index contributed by atoms with van der Waals surface area (Å²) >= 11 is 5.68. The van der Waals surface area contributed by atoms with Gasteiger partial charge in [0.05, 0.1) is 0 Å². The van der Waals surface area contributed by atoms with E-state index in [2.05, 4.69) is 0 Å². The standard InChI is InChI=1S/C9H9ClO2.Na/c1-6(9(11)12)7-3-2-4-8(10)5-7;/h2-6H,1H3,(H,11,12);/q;+1/p-1/t6-;/m1./s1. The summed E-state index contributed by atoms with van der Waals surface area (Å²) < 4.78 is 0. The van der Waals surface area contributed by atoms with Crippen molar-refractivity contribution in [1.29, 1.82) is 0 Å². The second-order valence-electron chi connectivity index (χ2n) is 2.60. The molecule has 0 bridgehead atoms. The summed E-state index contributed by atoms with van der Waals surface area (Å²) in [5, 5.41) is 11.0. The number of aliphatic carboxylic acids is 1. The van der Waals surface area contributed by atoms with Gasteiger partial charge in [-0.3, -0.25) is 0 Å². The minimum absolute atomic E-state index is 0. The summed E-state index contributed by atoms with van der Waals surface area (Å²) in [6, 6.07) is 6.76. The number of hydrogen-bond acceptors (Lipinski definition) is 2. The molecule has 64 valence electrons. The molecule has 13 heavy (non-hydrogen) atoms. The number of carbonyl (C=O) groups excluding carboxylic acids is 1. The Hall–Kier alpha value is -0.0200. The molecule has 0 fully saturated rings. The molecule has 0 aliphatic rings. The first-order valence-corrected chi connectivity index (χ1v) is 3.95. The van der Waals surface area contributed by atoms with Crippen molar-refractivity contribution >= 4 is 17.6 Å². The van der Waals surface area contributed by atoms with Gasteiger partial charge in [-0.25, -0.2) is 0 Å². The van der Waals surface area contributed by atoms with Crippen LogP contribution in [0.4, 0.5) is 0 Å². The van der Waals surface area contributed by atoms with Crippen LogP contribution in [-0.2, 0) is 4.79 Å². The van der Waals surface area contributed by atoms with E-state index in [1.54, 1.807) is 31.2 Å². The largest absolute Gasteiger partial charge is 1.00 e. The fourth-order valence-corrected chi connectivity index (χ4v) is 1.11. The van der Waals surface area contributed by atoms with Gasteiger partial charge in [0.15, 0.2) is 0 Å². The molecule has 0 aliphatic carbocycles. The smallest absolute Gasteiger partial charge is 0.550 e. The molecule has 1 atom stereocenters. The van der Waals surface area contributed by atoms with Crippen molar-refractivity contribution in [3.8, 4) is 0 Å². The molecule has 0 saturated carbocycles. The van der Waals surface area contributed by atoms with Crippen molar-refractivity contribution in [2.75, 3.05) is 0 Å². The second kappa shape index (κ2) is 5.66. The summed E-state index contributed by atoms with van der Waals surface area (Å²) in [6.07, 6.45) is 0. The maximum absolute atomic E-state index is 10.5. The van der Waals surface area contributed by atoms with Gasteiger partial charge in [0, 0.05) is 16.9 Å². The second-order valence-corrected chi connectivity index (χ2v) is 3.03. The van der Waals surface area contributed by atoms with Crippen LogP contribution in [0.5, 0.6) is 0 Å². The third kappa shape index (κ3) is 3.69. The van der Waals surface area contributed by atoms with Crippen LogP contribution in [0.15, 0.2) is 24.3 Å². The normalized spacial score (nSPS) is 11.5. The van der Waals surface area contributed by atoms with Gasteiger partial charge in [-0.2, -0.15) is 0 Å². The number of benzene rings is 1. The van der Waals surface area contributed by atoms with Gasteiger partial charge in [0.2, 0.25) is 0 Å². The van der Waals surface area contributed by atoms with Crippen LogP contribution in [0.3, 0.4) is 0 Å². The van der Waals surface area contributed by atoms with Crippen LogP contribution in [-0.4, -0.2) is 5.97 Å². The number of carbonyl (C=O) groups is 1. The van der Waals surface area contributed by atoms with E-state index in [4.69, 9.17) is 11.6 Å². The zero-order chi connectivity index (χ0) is 9.14. The molecule has 0 spiro atoms. The van der Waals surface area contributed by atoms with E-state index in [-0.39, 0.29) is 29.6 Å². The molecule has 0 N–H and O–H groups in total. The average Bonchev–Trinajstić information content (AvgIpc) is 2.03. The van der Waals surface area contributed by atoms with E-state index >= 15 is 0 Å². The maximum Gasteiger partial charge on any atom is 1.00 e. The molecule has 1 rings (SSSR count). The summed E-state index contributed by atoms with van der Waals surface area (Å²) in [5.41, 5.74) is 0.669. The Balaban J connectivity index is 0.00000144. The van der Waals surface area contributed by atoms with Gasteiger partial charge >= 0.3 is 29.6 Å². The Kier molecular flexibility index (Phi) is 5.65. The number of carboxylic acids is 1. The molecule has 1 aromatic rings. The first-order chi connectivity index (χ1) is 5.61. The van der Waals surface area contributed by atoms with Crippen LogP contribution in [0.25, 0.3) is 0 Å². The van der Waals surface area contributed by atoms with Gasteiger partial charge in [-0.05, 0) is 17.7 Å². The number of carboxylic acid groups (broad SMARTS) is 1. The maximum atomic E-state index is 10.5. The number of halogens is 1. The van der Waals surface area contributed by atoms with Crippen molar-refractivity contribution < 1.29 is 39.5 Å². The Morgan fingerprint density at radius 2 is 2.15 bits per heavy atom. The average molecular weight is 207 g/mol. The minimum Gasteiger partial charge on any atom is -0.550 e. The Labute approximate surface area is 104 Å². The SMILES string of the molecule is C[C@@H](C(=O)[O-])c1cccc(Cl)c1.[Na+]. The van der Waals surface area contributed by atoms with Crippen molar-refractivity contribution in [3.05, 3.63) is 34.9 Å². The van der Waals surface area contributed by atoms with E-state index in [0.717, 1.165) is 0 Å². The van der Waals surface area contributed by atoms with Crippen LogP contribution < -0.4 is 34.7 Å². The fraction of sp³-hybridized carbons (Fsp3) is 0.222. The fourth-order valence-electron chi connectivity index (χ4n) is 0.912. The first kappa shape index (κ1) is 13.0. The summed E-state index contributed by atoms with van der Waals surface area (Å²) in [5.74, 6) is -1.69. The van der Waals surface area contributed by atoms with E-state index < -0.39 is 11.9 Å². The third-order valence-electron chi connectivity index (χ3n) is 1.70. The van der Waals surface area contributed by atoms with Crippen LogP contribution in [0, 0.1) is 0 Å². The first-order valence-electron chi connectivity index (χ1n) is 3.57. The molecule has 0 radical (unpaired) electrons. The summed E-state index contributed by atoms with van der Waals surface area (Å²) in [4.78, 5) is 10.5. The van der Waals surface area contributed by atoms with Crippen LogP contribution in [0.1, 0.15) is 18.4 Å². The molecule has 0 unspecified atom stereocenters. The molecular formula is C9H8ClNaO2. The Morgan fingerprint density at radius 1 is 1.54 bits per heavy atom. The molecule has 0 saturated heterocycles. The zero-order valence-electron chi connectivity index (χ0n) is 7.58. The van der Waals surface area contributed by atoms with Crippen LogP contribution >= 0.6 is 11.6 Å². The Morgan fingerprint density at radius 3 is 2.62 bits per heavy atom. The zero-order valence-corrected chi connectivity index (χ0v) is 10.3. The van der Waals surface area contributed by atoms with Gasteiger partial charge in [0.1, 0.15) is 0 Å². The predicted molar refractivity (Wildman–Crippen MR) is 44.9 cm³/mol. The molecule has 0 amide bonds. The molecule has 0 aliphatic heterocycles. The monoisotopic (exact) mass is 206 g/mol. The number of hydrogen-bond donors (Lipinski definition) is 0. The van der Waals surface area contributed by atoms with Gasteiger partial charge in [-0.15, -0.1) is 0 Å². The van der Waals surface area contributed by atoms with Gasteiger partial charge in [0.25, 0.3) is 0 Å². The molecule has 1 aromatic carbocycles. The van der Waals surface area contributed by atoms with Crippen molar-refractivity contribution in [2.24, 2.45) is 0 Å². The molecule has 4 heteroatoms. The van der Waals surface area contributed by atoms with E-state index in [1.807, 2.05) is 0 Å². The van der Waals surface area contributed by atoms with Gasteiger partial charge < -0.3 is 9.90 Å². The third-order valence-corrected chi connectivity index (χ3v) is 1.94. The summed E-state index contributed by atoms with van der Waals surface area (Å²) in [7, 11) is 0. The van der Waals surface area contributed by atoms with Crippen LogP contribution in [0.2, 0.25) is 5.02 Å². The quantitative estimate of drug-likeness (QED) is 0.536. The van der Waals surface area contributed by atoms with Gasteiger partial charge in [-0.1, -0.05) is 30.7 Å². The molecule has 0 aromatic heterocycles. The predicted octanol–water partition coefficient (Wildman–Crippen LogP) is -1.80. The van der Waals surface area contributed by atoms with E-state index in [1.165, 1.54) is 0 Å². The van der Waals surface area contributed by atoms with Crippen molar-refractivity contribution in [1.82, 2.24) is 0 Å². The van der Waals surface area contributed by atoms with Crippen molar-refractivity contribution in [3.63, 3.8) is 0 Å². The van der Waals surface area contributed by atoms with Crippen molar-refractivity contribution in [2.45, 2.75) is 12.8 Å². The van der Waals surface area contributed by atoms with E-state index in [9.17, 15) is 9.90 Å². The van der Waals surface area contributed by atoms with E-state index in [0.29, 0.717) is 10.6 Å². The molecular weight excluding hydrogens is 199 g/mol. The Bertz CT molecular complexity index is 301. The topological polar surface area (TPSA) is 40.1 Å². The number of rotatable bonds is 2.